The van der Waals surface area contributed by atoms with Crippen LogP contribution in [0.2, 0.25) is 10.0 Å². The number of benzene rings is 1. The first kappa shape index (κ1) is 14.9. The second-order valence-corrected chi connectivity index (χ2v) is 5.84. The minimum Gasteiger partial charge on any atom is -0.378 e. The van der Waals surface area contributed by atoms with Gasteiger partial charge < -0.3 is 5.32 Å². The van der Waals surface area contributed by atoms with Crippen LogP contribution in [-0.4, -0.2) is 9.38 Å². The number of rotatable bonds is 3. The van der Waals surface area contributed by atoms with E-state index in [0.717, 1.165) is 5.56 Å². The number of aromatic nitrogens is 2. The fourth-order valence-electron chi connectivity index (χ4n) is 2.17. The minimum absolute atomic E-state index is 0.109. The van der Waals surface area contributed by atoms with Gasteiger partial charge in [-0.15, -0.1) is 0 Å². The van der Waals surface area contributed by atoms with Crippen molar-refractivity contribution >= 4 is 34.5 Å². The standard InChI is InChI=1S/C16H13Cl2N3O/c1-10-2-5-15-20-12(7-16(22)21(15)9-10)8-19-14-6-11(17)3-4-13(14)18/h2-7,9,19H,8H2,1H3. The molecule has 1 N–H and O–H groups in total. The van der Waals surface area contributed by atoms with Crippen molar-refractivity contribution in [3.63, 3.8) is 0 Å². The Morgan fingerprint density at radius 1 is 1.18 bits per heavy atom. The van der Waals surface area contributed by atoms with Crippen molar-refractivity contribution in [2.24, 2.45) is 0 Å². The zero-order valence-electron chi connectivity index (χ0n) is 11.8. The van der Waals surface area contributed by atoms with Crippen molar-refractivity contribution < 1.29 is 0 Å². The number of pyridine rings is 1. The summed E-state index contributed by atoms with van der Waals surface area (Å²) in [6.07, 6.45) is 1.77. The molecule has 0 fully saturated rings. The summed E-state index contributed by atoms with van der Waals surface area (Å²) < 4.78 is 1.53. The Morgan fingerprint density at radius 3 is 2.82 bits per heavy atom. The van der Waals surface area contributed by atoms with E-state index in [1.807, 2.05) is 19.1 Å². The lowest BCUT2D eigenvalue weighted by atomic mass is 10.3. The van der Waals surface area contributed by atoms with Gasteiger partial charge in [0, 0.05) is 17.3 Å². The summed E-state index contributed by atoms with van der Waals surface area (Å²) in [5, 5.41) is 4.31. The van der Waals surface area contributed by atoms with E-state index >= 15 is 0 Å². The molecule has 0 aliphatic heterocycles. The van der Waals surface area contributed by atoms with Gasteiger partial charge >= 0.3 is 0 Å². The van der Waals surface area contributed by atoms with Crippen LogP contribution in [0.1, 0.15) is 11.3 Å². The number of hydrogen-bond donors (Lipinski definition) is 1. The van der Waals surface area contributed by atoms with Gasteiger partial charge in [0.05, 0.1) is 22.9 Å². The van der Waals surface area contributed by atoms with Crippen LogP contribution in [-0.2, 0) is 6.54 Å². The molecule has 0 amide bonds. The van der Waals surface area contributed by atoms with Gasteiger partial charge in [0.25, 0.3) is 5.56 Å². The molecule has 2 heterocycles. The highest BCUT2D eigenvalue weighted by atomic mass is 35.5. The average Bonchev–Trinajstić information content (AvgIpc) is 2.49. The maximum Gasteiger partial charge on any atom is 0.258 e. The number of halogens is 2. The van der Waals surface area contributed by atoms with E-state index in [9.17, 15) is 4.79 Å². The lowest BCUT2D eigenvalue weighted by Gasteiger charge is -2.09. The first-order valence-corrected chi connectivity index (χ1v) is 7.46. The molecular weight excluding hydrogens is 321 g/mol. The van der Waals surface area contributed by atoms with Crippen molar-refractivity contribution in [1.29, 1.82) is 0 Å². The van der Waals surface area contributed by atoms with Gasteiger partial charge in [-0.2, -0.15) is 0 Å². The summed E-state index contributed by atoms with van der Waals surface area (Å²) in [4.78, 5) is 16.6. The SMILES string of the molecule is Cc1ccc2nc(CNc3cc(Cl)ccc3Cl)cc(=O)n2c1. The minimum atomic E-state index is -0.109. The average molecular weight is 334 g/mol. The second-order valence-electron chi connectivity index (χ2n) is 5.00. The highest BCUT2D eigenvalue weighted by Crippen LogP contribution is 2.25. The molecule has 0 aliphatic carbocycles. The van der Waals surface area contributed by atoms with Crippen LogP contribution in [0, 0.1) is 6.92 Å². The lowest BCUT2D eigenvalue weighted by Crippen LogP contribution is -2.17. The lowest BCUT2D eigenvalue weighted by molar-refractivity contribution is 0.965. The summed E-state index contributed by atoms with van der Waals surface area (Å²) in [5.74, 6) is 0. The molecule has 0 saturated heterocycles. The molecule has 0 spiro atoms. The van der Waals surface area contributed by atoms with Gasteiger partial charge in [0.1, 0.15) is 5.65 Å². The maximum absolute atomic E-state index is 12.1. The van der Waals surface area contributed by atoms with Gasteiger partial charge in [-0.3, -0.25) is 9.20 Å². The van der Waals surface area contributed by atoms with Gasteiger partial charge in [-0.05, 0) is 36.8 Å². The number of nitrogens with zero attached hydrogens (tertiary/aromatic N) is 2. The molecule has 0 atom stereocenters. The molecular formula is C16H13Cl2N3O. The highest BCUT2D eigenvalue weighted by molar-refractivity contribution is 6.35. The third-order valence-electron chi connectivity index (χ3n) is 3.25. The number of hydrogen-bond acceptors (Lipinski definition) is 3. The Balaban J connectivity index is 1.90. The predicted octanol–water partition coefficient (Wildman–Crippen LogP) is 3.92. The fourth-order valence-corrected chi connectivity index (χ4v) is 2.52. The van der Waals surface area contributed by atoms with E-state index in [0.29, 0.717) is 33.6 Å². The van der Waals surface area contributed by atoms with Crippen molar-refractivity contribution in [1.82, 2.24) is 9.38 Å². The number of fused-ring (bicyclic) bond motifs is 1. The summed E-state index contributed by atoms with van der Waals surface area (Å²) in [7, 11) is 0. The summed E-state index contributed by atoms with van der Waals surface area (Å²) in [6, 6.07) is 10.4. The molecule has 0 aliphatic rings. The van der Waals surface area contributed by atoms with E-state index in [-0.39, 0.29) is 5.56 Å². The molecule has 0 bridgehead atoms. The third-order valence-corrected chi connectivity index (χ3v) is 3.81. The first-order chi connectivity index (χ1) is 10.5. The van der Waals surface area contributed by atoms with Gasteiger partial charge in [0.15, 0.2) is 0 Å². The normalized spacial score (nSPS) is 10.9. The van der Waals surface area contributed by atoms with E-state index < -0.39 is 0 Å². The number of anilines is 1. The van der Waals surface area contributed by atoms with E-state index in [1.165, 1.54) is 10.5 Å². The Hall–Kier alpha value is -2.04. The summed E-state index contributed by atoms with van der Waals surface area (Å²) in [5.41, 5.74) is 2.87. The maximum atomic E-state index is 12.1. The predicted molar refractivity (Wildman–Crippen MR) is 90.0 cm³/mol. The van der Waals surface area contributed by atoms with Gasteiger partial charge in [-0.25, -0.2) is 4.98 Å². The molecule has 0 saturated carbocycles. The molecule has 22 heavy (non-hydrogen) atoms. The molecule has 4 nitrogen and oxygen atoms in total. The van der Waals surface area contributed by atoms with Gasteiger partial charge in [-0.1, -0.05) is 29.3 Å². The van der Waals surface area contributed by atoms with Crippen molar-refractivity contribution in [3.05, 3.63) is 74.3 Å². The molecule has 3 rings (SSSR count). The van der Waals surface area contributed by atoms with Crippen LogP contribution in [0.4, 0.5) is 5.69 Å². The molecule has 0 radical (unpaired) electrons. The van der Waals surface area contributed by atoms with E-state index in [4.69, 9.17) is 23.2 Å². The Kier molecular flexibility index (Phi) is 4.05. The monoisotopic (exact) mass is 333 g/mol. The van der Waals surface area contributed by atoms with Crippen molar-refractivity contribution in [3.8, 4) is 0 Å². The van der Waals surface area contributed by atoms with Crippen LogP contribution in [0.25, 0.3) is 5.65 Å². The molecule has 2 aromatic heterocycles. The smallest absolute Gasteiger partial charge is 0.258 e. The summed E-state index contributed by atoms with van der Waals surface area (Å²) >= 11 is 12.0. The van der Waals surface area contributed by atoms with E-state index in [2.05, 4.69) is 10.3 Å². The second kappa shape index (κ2) is 5.99. The van der Waals surface area contributed by atoms with Crippen LogP contribution in [0.5, 0.6) is 0 Å². The highest BCUT2D eigenvalue weighted by Gasteiger charge is 2.05. The topological polar surface area (TPSA) is 46.4 Å². The molecule has 0 unspecified atom stereocenters. The molecule has 112 valence electrons. The third kappa shape index (κ3) is 3.08. The largest absolute Gasteiger partial charge is 0.378 e. The van der Waals surface area contributed by atoms with E-state index in [1.54, 1.807) is 24.4 Å². The Bertz CT molecular complexity index is 906. The Labute approximate surface area is 137 Å². The van der Waals surface area contributed by atoms with Crippen LogP contribution >= 0.6 is 23.2 Å². The molecule has 3 aromatic rings. The molecule has 1 aromatic carbocycles. The zero-order valence-corrected chi connectivity index (χ0v) is 13.3. The molecule has 6 heteroatoms. The fraction of sp³-hybridized carbons (Fsp3) is 0.125. The van der Waals surface area contributed by atoms with Gasteiger partial charge in [0.2, 0.25) is 0 Å². The first-order valence-electron chi connectivity index (χ1n) is 6.71. The van der Waals surface area contributed by atoms with Crippen LogP contribution in [0.3, 0.4) is 0 Å². The van der Waals surface area contributed by atoms with Crippen molar-refractivity contribution in [2.45, 2.75) is 13.5 Å². The van der Waals surface area contributed by atoms with Crippen molar-refractivity contribution in [2.75, 3.05) is 5.32 Å². The Morgan fingerprint density at radius 2 is 2.00 bits per heavy atom. The quantitative estimate of drug-likeness (QED) is 0.790. The van der Waals surface area contributed by atoms with Crippen LogP contribution < -0.4 is 10.9 Å². The van der Waals surface area contributed by atoms with Crippen LogP contribution in [0.15, 0.2) is 47.4 Å². The number of nitrogens with one attached hydrogen (secondary N) is 1. The zero-order chi connectivity index (χ0) is 15.7. The summed E-state index contributed by atoms with van der Waals surface area (Å²) in [6.45, 7) is 2.32. The number of aryl methyl sites for hydroxylation is 1.